The van der Waals surface area contributed by atoms with Gasteiger partial charge in [0.05, 0.1) is 12.8 Å². The molecular formula is C6H12N6O2S2. The first-order valence-corrected chi connectivity index (χ1v) is 4.79. The maximum atomic E-state index is 9.31. The predicted octanol–water partition coefficient (Wildman–Crippen LogP) is -2.65. The van der Waals surface area contributed by atoms with E-state index in [-0.39, 0.29) is 15.9 Å². The van der Waals surface area contributed by atoms with Crippen LogP contribution in [-0.2, 0) is 0 Å². The minimum absolute atomic E-state index is 0.0130. The summed E-state index contributed by atoms with van der Waals surface area (Å²) in [7, 11) is 0. The van der Waals surface area contributed by atoms with E-state index in [0.29, 0.717) is 0 Å². The summed E-state index contributed by atoms with van der Waals surface area (Å²) in [5.41, 5.74) is 14.7. The Morgan fingerprint density at radius 1 is 1.31 bits per heavy atom. The van der Waals surface area contributed by atoms with Crippen LogP contribution < -0.4 is 22.3 Å². The molecule has 0 aliphatic rings. The summed E-state index contributed by atoms with van der Waals surface area (Å²) < 4.78 is 0. The Morgan fingerprint density at radius 3 is 2.31 bits per heavy atom. The van der Waals surface area contributed by atoms with Crippen LogP contribution in [0, 0.1) is 0 Å². The van der Waals surface area contributed by atoms with Gasteiger partial charge in [0.15, 0.2) is 10.2 Å². The number of thiocarbonyl (C=S) groups is 2. The number of hydrogen-bond acceptors (Lipinski definition) is 6. The van der Waals surface area contributed by atoms with E-state index >= 15 is 0 Å². The van der Waals surface area contributed by atoms with Crippen molar-refractivity contribution in [1.82, 2.24) is 10.9 Å². The van der Waals surface area contributed by atoms with Crippen molar-refractivity contribution < 1.29 is 10.2 Å². The fraction of sp³-hybridized carbons (Fsp3) is 0.333. The van der Waals surface area contributed by atoms with E-state index in [1.54, 1.807) is 0 Å². The highest BCUT2D eigenvalue weighted by Gasteiger charge is 2.09. The topological polar surface area (TPSA) is 141 Å². The van der Waals surface area contributed by atoms with E-state index in [0.717, 1.165) is 6.21 Å². The van der Waals surface area contributed by atoms with Crippen molar-refractivity contribution in [3.05, 3.63) is 0 Å². The quantitative estimate of drug-likeness (QED) is 0.180. The normalized spacial score (nSPS) is 13.5. The van der Waals surface area contributed by atoms with Crippen molar-refractivity contribution in [3.8, 4) is 0 Å². The third-order valence-electron chi connectivity index (χ3n) is 1.18. The Morgan fingerprint density at radius 2 is 1.88 bits per heavy atom. The van der Waals surface area contributed by atoms with Gasteiger partial charge in [-0.05, 0) is 24.4 Å². The van der Waals surface area contributed by atoms with Gasteiger partial charge in [0.1, 0.15) is 11.8 Å². The lowest BCUT2D eigenvalue weighted by molar-refractivity contribution is 0.146. The second-order valence-electron chi connectivity index (χ2n) is 2.45. The maximum Gasteiger partial charge on any atom is 0.184 e. The van der Waals surface area contributed by atoms with Gasteiger partial charge in [-0.1, -0.05) is 0 Å². The smallest absolute Gasteiger partial charge is 0.184 e. The van der Waals surface area contributed by atoms with Crippen LogP contribution in [0.25, 0.3) is 0 Å². The standard InChI is InChI=1S/C6H12N6O2S2/c7-5(15)11-9-1-3(4(14)2-13)10-12-6(8)16/h1,4,13-14H,2H2,(H3,7,11,15)(H3,8,12,16). The molecule has 0 aliphatic carbocycles. The molecule has 8 N–H and O–H groups in total. The molecule has 0 bridgehead atoms. The minimum Gasteiger partial charge on any atom is -0.393 e. The number of nitrogens with zero attached hydrogens (tertiary/aromatic N) is 2. The number of aliphatic hydroxyl groups excluding tert-OH is 2. The van der Waals surface area contributed by atoms with Crippen LogP contribution >= 0.6 is 24.4 Å². The van der Waals surface area contributed by atoms with Crippen LogP contribution in [0.4, 0.5) is 0 Å². The second-order valence-corrected chi connectivity index (χ2v) is 3.33. The lowest BCUT2D eigenvalue weighted by Crippen LogP contribution is -2.33. The van der Waals surface area contributed by atoms with Crippen molar-refractivity contribution in [2.45, 2.75) is 6.10 Å². The van der Waals surface area contributed by atoms with Crippen LogP contribution in [0.5, 0.6) is 0 Å². The van der Waals surface area contributed by atoms with Gasteiger partial charge in [0.25, 0.3) is 0 Å². The summed E-state index contributed by atoms with van der Waals surface area (Å²) in [5, 5.41) is 25.1. The number of nitrogens with one attached hydrogen (secondary N) is 2. The highest BCUT2D eigenvalue weighted by molar-refractivity contribution is 7.80. The van der Waals surface area contributed by atoms with E-state index in [1.165, 1.54) is 0 Å². The van der Waals surface area contributed by atoms with Crippen molar-refractivity contribution >= 4 is 46.6 Å². The van der Waals surface area contributed by atoms with Gasteiger partial charge in [0, 0.05) is 0 Å². The van der Waals surface area contributed by atoms with Crippen LogP contribution in [0.3, 0.4) is 0 Å². The first-order chi connectivity index (χ1) is 7.47. The van der Waals surface area contributed by atoms with Gasteiger partial charge in [-0.2, -0.15) is 10.2 Å². The number of aliphatic hydroxyl groups is 2. The number of rotatable bonds is 5. The lowest BCUT2D eigenvalue weighted by Gasteiger charge is -2.06. The molecule has 0 saturated heterocycles. The Balaban J connectivity index is 4.54. The molecule has 0 heterocycles. The summed E-state index contributed by atoms with van der Waals surface area (Å²) in [6.45, 7) is -0.531. The zero-order valence-electron chi connectivity index (χ0n) is 8.12. The lowest BCUT2D eigenvalue weighted by atomic mass is 10.2. The molecule has 1 atom stereocenters. The Labute approximate surface area is 102 Å². The first kappa shape index (κ1) is 14.6. The number of hydrogen-bond donors (Lipinski definition) is 6. The highest BCUT2D eigenvalue weighted by atomic mass is 32.1. The molecule has 0 spiro atoms. The maximum absolute atomic E-state index is 9.31. The van der Waals surface area contributed by atoms with E-state index < -0.39 is 12.7 Å². The van der Waals surface area contributed by atoms with Gasteiger partial charge < -0.3 is 21.7 Å². The van der Waals surface area contributed by atoms with E-state index in [2.05, 4.69) is 45.5 Å². The predicted molar refractivity (Wildman–Crippen MR) is 68.9 cm³/mol. The summed E-state index contributed by atoms with van der Waals surface area (Å²) in [5.74, 6) is 0. The molecule has 0 amide bonds. The zero-order chi connectivity index (χ0) is 12.6. The van der Waals surface area contributed by atoms with Gasteiger partial charge in [-0.15, -0.1) is 0 Å². The fourth-order valence-electron chi connectivity index (χ4n) is 0.565. The molecule has 1 unspecified atom stereocenters. The molecule has 90 valence electrons. The Kier molecular flexibility index (Phi) is 7.20. The SMILES string of the molecule is NC(=S)NN=CC(=NNC(N)=S)C(O)CO. The molecule has 0 aromatic carbocycles. The zero-order valence-corrected chi connectivity index (χ0v) is 9.75. The number of hydrazone groups is 2. The van der Waals surface area contributed by atoms with E-state index in [4.69, 9.17) is 16.6 Å². The van der Waals surface area contributed by atoms with Crippen LogP contribution in [0.15, 0.2) is 10.2 Å². The molecule has 16 heavy (non-hydrogen) atoms. The third-order valence-corrected chi connectivity index (χ3v) is 1.36. The van der Waals surface area contributed by atoms with Crippen molar-refractivity contribution in [3.63, 3.8) is 0 Å². The molecule has 0 saturated carbocycles. The Hall–Kier alpha value is -1.36. The fourth-order valence-corrected chi connectivity index (χ4v) is 0.663. The molecule has 0 aromatic rings. The van der Waals surface area contributed by atoms with Crippen LogP contribution in [-0.4, -0.2) is 45.1 Å². The van der Waals surface area contributed by atoms with Crippen molar-refractivity contribution in [2.24, 2.45) is 21.7 Å². The molecule has 0 radical (unpaired) electrons. The molecule has 0 aliphatic heterocycles. The van der Waals surface area contributed by atoms with Gasteiger partial charge in [-0.3, -0.25) is 10.9 Å². The molecule has 8 nitrogen and oxygen atoms in total. The monoisotopic (exact) mass is 264 g/mol. The average molecular weight is 264 g/mol. The minimum atomic E-state index is -1.22. The van der Waals surface area contributed by atoms with E-state index in [9.17, 15) is 5.11 Å². The summed E-state index contributed by atoms with van der Waals surface area (Å²) in [4.78, 5) is 0. The summed E-state index contributed by atoms with van der Waals surface area (Å²) in [6, 6.07) is 0. The van der Waals surface area contributed by atoms with Crippen molar-refractivity contribution in [2.75, 3.05) is 6.61 Å². The second kappa shape index (κ2) is 7.87. The van der Waals surface area contributed by atoms with Gasteiger partial charge in [0.2, 0.25) is 0 Å². The summed E-state index contributed by atoms with van der Waals surface area (Å²) >= 11 is 9.00. The largest absolute Gasteiger partial charge is 0.393 e. The molecule has 0 aromatic heterocycles. The Bertz CT molecular complexity index is 318. The van der Waals surface area contributed by atoms with Crippen molar-refractivity contribution in [1.29, 1.82) is 0 Å². The first-order valence-electron chi connectivity index (χ1n) is 3.97. The highest BCUT2D eigenvalue weighted by Crippen LogP contribution is 1.85. The average Bonchev–Trinajstić information content (AvgIpc) is 2.21. The summed E-state index contributed by atoms with van der Waals surface area (Å²) in [6.07, 6.45) is -0.107. The molecule has 0 fully saturated rings. The molecule has 0 rings (SSSR count). The van der Waals surface area contributed by atoms with Gasteiger partial charge >= 0.3 is 0 Å². The van der Waals surface area contributed by atoms with Crippen LogP contribution in [0.1, 0.15) is 0 Å². The van der Waals surface area contributed by atoms with E-state index in [1.807, 2.05) is 0 Å². The third kappa shape index (κ3) is 7.00. The molecular weight excluding hydrogens is 252 g/mol. The van der Waals surface area contributed by atoms with Crippen LogP contribution in [0.2, 0.25) is 0 Å². The van der Waals surface area contributed by atoms with Gasteiger partial charge in [-0.25, -0.2) is 0 Å². The number of nitrogens with two attached hydrogens (primary N) is 2. The molecule has 10 heteroatoms.